The number of Topliss-reactive ketones (excluding diaryl/α,β-unsaturated/α-hetero) is 1. The van der Waals surface area contributed by atoms with Crippen molar-refractivity contribution in [1.82, 2.24) is 4.57 Å². The Morgan fingerprint density at radius 3 is 2.17 bits per heavy atom. The third kappa shape index (κ3) is 4.10. The van der Waals surface area contributed by atoms with E-state index in [1.165, 1.54) is 24.3 Å². The van der Waals surface area contributed by atoms with Crippen LogP contribution in [-0.4, -0.2) is 25.0 Å². The van der Waals surface area contributed by atoms with Gasteiger partial charge in [-0.15, -0.1) is 0 Å². The van der Waals surface area contributed by atoms with Gasteiger partial charge in [0.15, 0.2) is 15.6 Å². The van der Waals surface area contributed by atoms with Crippen LogP contribution in [0, 0.1) is 0 Å². The summed E-state index contributed by atoms with van der Waals surface area (Å²) in [6, 6.07) is 6.32. The number of aromatic nitrogens is 1. The van der Waals surface area contributed by atoms with Gasteiger partial charge in [0.05, 0.1) is 17.0 Å². The second kappa shape index (κ2) is 6.23. The zero-order valence-corrected chi connectivity index (χ0v) is 13.2. The number of pyridine rings is 1. The quantitative estimate of drug-likeness (QED) is 0.784. The van der Waals surface area contributed by atoms with Crippen molar-refractivity contribution in [2.75, 3.05) is 6.26 Å². The fourth-order valence-electron chi connectivity index (χ4n) is 1.96. The molecule has 1 aromatic carbocycles. The second-order valence-electron chi connectivity index (χ2n) is 5.10. The molecule has 0 atom stereocenters. The van der Waals surface area contributed by atoms with Gasteiger partial charge in [0, 0.05) is 24.1 Å². The number of carbonyl (C=O) groups is 1. The van der Waals surface area contributed by atoms with E-state index in [2.05, 4.69) is 0 Å². The molecule has 9 heteroatoms. The normalized spacial score (nSPS) is 12.2. The fourth-order valence-corrected chi connectivity index (χ4v) is 2.59. The molecule has 1 heterocycles. The molecule has 0 N–H and O–H groups in total. The molecule has 128 valence electrons. The third-order valence-electron chi connectivity index (χ3n) is 3.23. The van der Waals surface area contributed by atoms with Crippen molar-refractivity contribution in [3.8, 4) is 0 Å². The molecule has 2 rings (SSSR count). The molecule has 24 heavy (non-hydrogen) atoms. The van der Waals surface area contributed by atoms with Crippen LogP contribution in [-0.2, 0) is 22.6 Å². The van der Waals surface area contributed by atoms with Gasteiger partial charge in [0.1, 0.15) is 0 Å². The van der Waals surface area contributed by atoms with Crippen molar-refractivity contribution >= 4 is 15.6 Å². The van der Waals surface area contributed by atoms with Gasteiger partial charge < -0.3 is 4.57 Å². The van der Waals surface area contributed by atoms with Crippen LogP contribution in [0.1, 0.15) is 15.9 Å². The van der Waals surface area contributed by atoms with Crippen molar-refractivity contribution in [2.24, 2.45) is 0 Å². The van der Waals surface area contributed by atoms with Crippen molar-refractivity contribution in [1.29, 1.82) is 0 Å². The first-order chi connectivity index (χ1) is 11.0. The first kappa shape index (κ1) is 17.9. The van der Waals surface area contributed by atoms with E-state index >= 15 is 0 Å². The highest BCUT2D eigenvalue weighted by molar-refractivity contribution is 7.90. The number of benzene rings is 1. The number of nitrogens with zero attached hydrogens (tertiary/aromatic N) is 1. The minimum atomic E-state index is -4.63. The van der Waals surface area contributed by atoms with Crippen LogP contribution >= 0.6 is 0 Å². The molecule has 0 aliphatic rings. The standard InChI is InChI=1S/C15H12F3NO4S/c1-24(22,23)12-5-2-10(3-6-12)13(20)9-19-8-11(15(16,17)18)4-7-14(19)21/h2-8H,9H2,1H3. The Morgan fingerprint density at radius 2 is 1.67 bits per heavy atom. The van der Waals surface area contributed by atoms with Crippen molar-refractivity contribution in [3.05, 3.63) is 64.1 Å². The minimum absolute atomic E-state index is 0.00952. The number of halogens is 3. The number of hydrogen-bond donors (Lipinski definition) is 0. The van der Waals surface area contributed by atoms with E-state index in [1.807, 2.05) is 0 Å². The summed E-state index contributed by atoms with van der Waals surface area (Å²) in [5.41, 5.74) is -1.70. The van der Waals surface area contributed by atoms with Gasteiger partial charge in [-0.25, -0.2) is 8.42 Å². The lowest BCUT2D eigenvalue weighted by molar-refractivity contribution is -0.138. The van der Waals surface area contributed by atoms with Crippen LogP contribution in [0.3, 0.4) is 0 Å². The Hall–Kier alpha value is -2.42. The van der Waals surface area contributed by atoms with Gasteiger partial charge in [-0.2, -0.15) is 13.2 Å². The Balaban J connectivity index is 2.28. The number of sulfone groups is 1. The van der Waals surface area contributed by atoms with Crippen LogP contribution in [0.4, 0.5) is 13.2 Å². The molecule has 2 aromatic rings. The predicted molar refractivity (Wildman–Crippen MR) is 79.6 cm³/mol. The fraction of sp³-hybridized carbons (Fsp3) is 0.200. The first-order valence-electron chi connectivity index (χ1n) is 6.59. The molecule has 0 aliphatic carbocycles. The Morgan fingerprint density at radius 1 is 1.08 bits per heavy atom. The predicted octanol–water partition coefficient (Wildman–Crippen LogP) is 2.15. The number of alkyl halides is 3. The number of rotatable bonds is 4. The van der Waals surface area contributed by atoms with Gasteiger partial charge in [0.2, 0.25) is 0 Å². The molecule has 0 fully saturated rings. The summed E-state index contributed by atoms with van der Waals surface area (Å²) in [5.74, 6) is -0.614. The molecule has 0 bridgehead atoms. The van der Waals surface area contributed by atoms with Gasteiger partial charge in [0.25, 0.3) is 5.56 Å². The van der Waals surface area contributed by atoms with Crippen molar-refractivity contribution in [2.45, 2.75) is 17.6 Å². The van der Waals surface area contributed by atoms with Gasteiger partial charge >= 0.3 is 6.18 Å². The first-order valence-corrected chi connectivity index (χ1v) is 8.48. The SMILES string of the molecule is CS(=O)(=O)c1ccc(C(=O)Cn2cc(C(F)(F)F)ccc2=O)cc1. The molecule has 0 saturated heterocycles. The summed E-state index contributed by atoms with van der Waals surface area (Å²) < 4.78 is 61.3. The number of hydrogen-bond acceptors (Lipinski definition) is 4. The molecule has 5 nitrogen and oxygen atoms in total. The van der Waals surface area contributed by atoms with E-state index in [0.717, 1.165) is 12.3 Å². The molecular weight excluding hydrogens is 347 g/mol. The third-order valence-corrected chi connectivity index (χ3v) is 4.36. The average Bonchev–Trinajstić information content (AvgIpc) is 2.47. The lowest BCUT2D eigenvalue weighted by Gasteiger charge is -2.10. The zero-order chi connectivity index (χ0) is 18.1. The summed E-state index contributed by atoms with van der Waals surface area (Å²) in [6.07, 6.45) is -3.05. The van der Waals surface area contributed by atoms with Gasteiger partial charge in [-0.05, 0) is 18.2 Å². The molecule has 0 radical (unpaired) electrons. The van der Waals surface area contributed by atoms with E-state index < -0.39 is 39.5 Å². The monoisotopic (exact) mass is 359 g/mol. The molecule has 0 unspecified atom stereocenters. The maximum atomic E-state index is 12.7. The van der Waals surface area contributed by atoms with Crippen LogP contribution in [0.5, 0.6) is 0 Å². The summed E-state index contributed by atoms with van der Waals surface area (Å²) in [4.78, 5) is 23.7. The summed E-state index contributed by atoms with van der Waals surface area (Å²) in [6.45, 7) is -0.582. The summed E-state index contributed by atoms with van der Waals surface area (Å²) in [5, 5.41) is 0. The summed E-state index contributed by atoms with van der Waals surface area (Å²) in [7, 11) is -3.42. The highest BCUT2D eigenvalue weighted by Gasteiger charge is 2.31. The number of carbonyl (C=O) groups excluding carboxylic acids is 1. The smallest absolute Gasteiger partial charge is 0.307 e. The van der Waals surface area contributed by atoms with Crippen LogP contribution in [0.15, 0.2) is 52.3 Å². The van der Waals surface area contributed by atoms with Crippen LogP contribution in [0.2, 0.25) is 0 Å². The highest BCUT2D eigenvalue weighted by atomic mass is 32.2. The van der Waals surface area contributed by atoms with Crippen molar-refractivity contribution in [3.63, 3.8) is 0 Å². The van der Waals surface area contributed by atoms with Gasteiger partial charge in [-0.3, -0.25) is 9.59 Å². The van der Waals surface area contributed by atoms with E-state index in [1.54, 1.807) is 0 Å². The molecule has 0 aliphatic heterocycles. The van der Waals surface area contributed by atoms with Crippen molar-refractivity contribution < 1.29 is 26.4 Å². The number of ketones is 1. The van der Waals surface area contributed by atoms with E-state index in [-0.39, 0.29) is 10.5 Å². The Bertz CT molecular complexity index is 928. The lowest BCUT2D eigenvalue weighted by atomic mass is 10.1. The largest absolute Gasteiger partial charge is 0.417 e. The van der Waals surface area contributed by atoms with Crippen LogP contribution in [0.25, 0.3) is 0 Å². The molecule has 0 amide bonds. The molecule has 0 saturated carbocycles. The van der Waals surface area contributed by atoms with Gasteiger partial charge in [-0.1, -0.05) is 12.1 Å². The Labute approximate surface area is 135 Å². The lowest BCUT2D eigenvalue weighted by Crippen LogP contribution is -2.25. The topological polar surface area (TPSA) is 73.2 Å². The maximum absolute atomic E-state index is 12.7. The summed E-state index contributed by atoms with van der Waals surface area (Å²) >= 11 is 0. The Kier molecular flexibility index (Phi) is 4.66. The minimum Gasteiger partial charge on any atom is -0.307 e. The second-order valence-corrected chi connectivity index (χ2v) is 7.12. The average molecular weight is 359 g/mol. The molecule has 0 spiro atoms. The molecular formula is C15H12F3NO4S. The van der Waals surface area contributed by atoms with Crippen LogP contribution < -0.4 is 5.56 Å². The molecule has 1 aromatic heterocycles. The highest BCUT2D eigenvalue weighted by Crippen LogP contribution is 2.28. The van der Waals surface area contributed by atoms with E-state index in [4.69, 9.17) is 0 Å². The van der Waals surface area contributed by atoms with E-state index in [9.17, 15) is 31.2 Å². The zero-order valence-electron chi connectivity index (χ0n) is 12.4. The maximum Gasteiger partial charge on any atom is 0.417 e. The van der Waals surface area contributed by atoms with E-state index in [0.29, 0.717) is 16.8 Å².